The van der Waals surface area contributed by atoms with Crippen molar-refractivity contribution in [2.24, 2.45) is 5.41 Å². The largest absolute Gasteiger partial charge is 0.466 e. The number of hydrogen-bond donors (Lipinski definition) is 0. The van der Waals surface area contributed by atoms with E-state index in [0.717, 1.165) is 0 Å². The summed E-state index contributed by atoms with van der Waals surface area (Å²) in [6.07, 6.45) is 4.21. The maximum Gasteiger partial charge on any atom is 0.310 e. The van der Waals surface area contributed by atoms with Gasteiger partial charge in [0, 0.05) is 31.8 Å². The van der Waals surface area contributed by atoms with Crippen LogP contribution >= 0.6 is 0 Å². The first-order valence-electron chi connectivity index (χ1n) is 7.42. The van der Waals surface area contributed by atoms with E-state index in [2.05, 4.69) is 0 Å². The van der Waals surface area contributed by atoms with E-state index in [9.17, 15) is 14.4 Å². The number of unbranched alkanes of at least 4 members (excludes halogenated alkanes) is 1. The van der Waals surface area contributed by atoms with Gasteiger partial charge in [0.2, 0.25) is 0 Å². The Labute approximate surface area is 125 Å². The molecule has 0 aliphatic heterocycles. The van der Waals surface area contributed by atoms with Crippen LogP contribution in [0.25, 0.3) is 0 Å². The molecule has 0 aromatic heterocycles. The molecule has 1 aliphatic rings. The number of carbonyl (C=O) groups excluding carboxylic acids is 3. The molecule has 5 heteroatoms. The second-order valence-corrected chi connectivity index (χ2v) is 6.08. The van der Waals surface area contributed by atoms with Gasteiger partial charge in [-0.05, 0) is 25.2 Å². The number of ketones is 1. The number of ether oxygens (including phenoxy) is 2. The summed E-state index contributed by atoms with van der Waals surface area (Å²) in [4.78, 5) is 34.4. The van der Waals surface area contributed by atoms with Crippen LogP contribution in [-0.2, 0) is 23.9 Å². The summed E-state index contributed by atoms with van der Waals surface area (Å²) in [7, 11) is 0. The molecule has 0 radical (unpaired) electrons. The minimum absolute atomic E-state index is 0.00337. The highest BCUT2D eigenvalue weighted by atomic mass is 16.5. The van der Waals surface area contributed by atoms with Crippen LogP contribution in [-0.4, -0.2) is 24.3 Å². The highest BCUT2D eigenvalue weighted by Gasteiger charge is 2.29. The van der Waals surface area contributed by atoms with Crippen molar-refractivity contribution in [3.05, 3.63) is 11.8 Å². The number of esters is 2. The normalized spacial score (nSPS) is 17.1. The zero-order chi connectivity index (χ0) is 15.9. The summed E-state index contributed by atoms with van der Waals surface area (Å²) in [5.74, 6) is -0.146. The fourth-order valence-electron chi connectivity index (χ4n) is 2.32. The van der Waals surface area contributed by atoms with Crippen LogP contribution in [0.1, 0.15) is 59.3 Å². The molecule has 1 aliphatic carbocycles. The number of carbonyl (C=O) groups is 3. The van der Waals surface area contributed by atoms with Gasteiger partial charge in [-0.3, -0.25) is 14.4 Å². The highest BCUT2D eigenvalue weighted by molar-refractivity contribution is 5.92. The van der Waals surface area contributed by atoms with Crippen molar-refractivity contribution in [3.63, 3.8) is 0 Å². The molecular weight excluding hydrogens is 272 g/mol. The monoisotopic (exact) mass is 296 g/mol. The van der Waals surface area contributed by atoms with E-state index in [1.807, 2.05) is 13.8 Å². The van der Waals surface area contributed by atoms with Gasteiger partial charge < -0.3 is 9.47 Å². The van der Waals surface area contributed by atoms with Crippen molar-refractivity contribution < 1.29 is 23.9 Å². The third kappa shape index (κ3) is 7.06. The van der Waals surface area contributed by atoms with Crippen molar-refractivity contribution in [1.82, 2.24) is 0 Å². The predicted octanol–water partition coefficient (Wildman–Crippen LogP) is 2.93. The van der Waals surface area contributed by atoms with E-state index in [4.69, 9.17) is 9.47 Å². The van der Waals surface area contributed by atoms with Gasteiger partial charge in [-0.15, -0.1) is 0 Å². The second kappa shape index (κ2) is 7.96. The Bertz CT molecular complexity index is 434. The summed E-state index contributed by atoms with van der Waals surface area (Å²) in [5, 5.41) is 0. The lowest BCUT2D eigenvalue weighted by Crippen LogP contribution is -2.23. The summed E-state index contributed by atoms with van der Waals surface area (Å²) < 4.78 is 10.0. The van der Waals surface area contributed by atoms with Crippen molar-refractivity contribution in [1.29, 1.82) is 0 Å². The van der Waals surface area contributed by atoms with E-state index < -0.39 is 0 Å². The minimum Gasteiger partial charge on any atom is -0.466 e. The Morgan fingerprint density at radius 3 is 2.33 bits per heavy atom. The molecule has 0 spiro atoms. The molecule has 1 rings (SSSR count). The van der Waals surface area contributed by atoms with Gasteiger partial charge in [0.25, 0.3) is 0 Å². The number of rotatable bonds is 7. The lowest BCUT2D eigenvalue weighted by molar-refractivity contribution is -0.144. The van der Waals surface area contributed by atoms with Crippen molar-refractivity contribution in [3.8, 4) is 0 Å². The van der Waals surface area contributed by atoms with E-state index in [1.54, 1.807) is 6.92 Å². The van der Waals surface area contributed by atoms with Crippen LogP contribution in [0.15, 0.2) is 11.8 Å². The quantitative estimate of drug-likeness (QED) is 0.533. The van der Waals surface area contributed by atoms with Gasteiger partial charge in [0.15, 0.2) is 5.78 Å². The molecule has 5 nitrogen and oxygen atoms in total. The Morgan fingerprint density at radius 2 is 1.76 bits per heavy atom. The smallest absolute Gasteiger partial charge is 0.310 e. The van der Waals surface area contributed by atoms with Crippen LogP contribution in [0.4, 0.5) is 0 Å². The van der Waals surface area contributed by atoms with Gasteiger partial charge >= 0.3 is 11.9 Å². The zero-order valence-corrected chi connectivity index (χ0v) is 13.1. The maximum atomic E-state index is 11.7. The third-order valence-electron chi connectivity index (χ3n) is 3.19. The van der Waals surface area contributed by atoms with Crippen LogP contribution in [0, 0.1) is 5.41 Å². The molecule has 0 fully saturated rings. The number of allylic oxidation sites excluding steroid dienone is 2. The average molecular weight is 296 g/mol. The molecule has 118 valence electrons. The molecule has 0 bridgehead atoms. The van der Waals surface area contributed by atoms with Crippen molar-refractivity contribution >= 4 is 17.7 Å². The zero-order valence-electron chi connectivity index (χ0n) is 13.1. The topological polar surface area (TPSA) is 69.7 Å². The molecule has 0 atom stereocenters. The van der Waals surface area contributed by atoms with Crippen molar-refractivity contribution in [2.75, 3.05) is 6.61 Å². The van der Waals surface area contributed by atoms with Crippen molar-refractivity contribution in [2.45, 2.75) is 59.3 Å². The highest BCUT2D eigenvalue weighted by Crippen LogP contribution is 2.34. The lowest BCUT2D eigenvalue weighted by Gasteiger charge is -2.27. The molecule has 0 aromatic rings. The third-order valence-corrected chi connectivity index (χ3v) is 3.19. The first-order valence-corrected chi connectivity index (χ1v) is 7.42. The molecule has 0 amide bonds. The minimum atomic E-state index is -0.351. The SMILES string of the molecule is CCOC(=O)CCCCC(=O)OC1=CC(=O)CC(C)(C)C1. The summed E-state index contributed by atoms with van der Waals surface area (Å²) in [5.41, 5.74) is -0.161. The Balaban J connectivity index is 2.28. The van der Waals surface area contributed by atoms with E-state index >= 15 is 0 Å². The van der Waals surface area contributed by atoms with E-state index in [1.165, 1.54) is 6.08 Å². The fraction of sp³-hybridized carbons (Fsp3) is 0.688. The first-order chi connectivity index (χ1) is 9.82. The molecule has 0 aromatic carbocycles. The Morgan fingerprint density at radius 1 is 1.14 bits per heavy atom. The predicted molar refractivity (Wildman–Crippen MR) is 77.3 cm³/mol. The lowest BCUT2D eigenvalue weighted by atomic mass is 9.79. The molecule has 0 N–H and O–H groups in total. The van der Waals surface area contributed by atoms with Crippen LogP contribution in [0.2, 0.25) is 0 Å². The Kier molecular flexibility index (Phi) is 6.59. The maximum absolute atomic E-state index is 11.7. The van der Waals surface area contributed by atoms with Crippen LogP contribution in [0.5, 0.6) is 0 Å². The standard InChI is InChI=1S/C16H24O5/c1-4-20-14(18)7-5-6-8-15(19)21-13-9-12(17)10-16(2,3)11-13/h9H,4-8,10-11H2,1-3H3. The molecule has 0 unspecified atom stereocenters. The molecule has 21 heavy (non-hydrogen) atoms. The summed E-state index contributed by atoms with van der Waals surface area (Å²) in [6, 6.07) is 0. The molecule has 0 saturated carbocycles. The first kappa shape index (κ1) is 17.4. The van der Waals surface area contributed by atoms with E-state index in [0.29, 0.717) is 44.5 Å². The molecule has 0 heterocycles. The average Bonchev–Trinajstić information content (AvgIpc) is 2.32. The van der Waals surface area contributed by atoms with Gasteiger partial charge in [-0.1, -0.05) is 13.8 Å². The molecule has 0 saturated heterocycles. The van der Waals surface area contributed by atoms with Gasteiger partial charge in [-0.25, -0.2) is 0 Å². The van der Waals surface area contributed by atoms with Gasteiger partial charge in [0.05, 0.1) is 6.61 Å². The number of hydrogen-bond acceptors (Lipinski definition) is 5. The van der Waals surface area contributed by atoms with Gasteiger partial charge in [-0.2, -0.15) is 0 Å². The van der Waals surface area contributed by atoms with Crippen LogP contribution < -0.4 is 0 Å². The fourth-order valence-corrected chi connectivity index (χ4v) is 2.32. The molecular formula is C16H24O5. The second-order valence-electron chi connectivity index (χ2n) is 6.08. The summed E-state index contributed by atoms with van der Waals surface area (Å²) in [6.45, 7) is 6.09. The van der Waals surface area contributed by atoms with E-state index in [-0.39, 0.29) is 29.6 Å². The van der Waals surface area contributed by atoms with Gasteiger partial charge in [0.1, 0.15) is 5.76 Å². The van der Waals surface area contributed by atoms with Crippen LogP contribution in [0.3, 0.4) is 0 Å². The summed E-state index contributed by atoms with van der Waals surface area (Å²) >= 11 is 0. The Hall–Kier alpha value is -1.65.